The molecule has 1 saturated heterocycles. The monoisotopic (exact) mass is 483 g/mol. The Balaban J connectivity index is 1.73. The summed E-state index contributed by atoms with van der Waals surface area (Å²) in [6.07, 6.45) is 1.49. The van der Waals surface area contributed by atoms with E-state index in [-0.39, 0.29) is 5.92 Å². The number of fused-ring (bicyclic) bond motifs is 1. The molecule has 2 aromatic carbocycles. The Morgan fingerprint density at radius 1 is 1.21 bits per heavy atom. The second-order valence-corrected chi connectivity index (χ2v) is 9.78. The average Bonchev–Trinajstić information content (AvgIpc) is 2.82. The third-order valence-corrected chi connectivity index (χ3v) is 7.31. The summed E-state index contributed by atoms with van der Waals surface area (Å²) in [7, 11) is 0. The van der Waals surface area contributed by atoms with Crippen LogP contribution in [0.2, 0.25) is 5.02 Å². The molecule has 0 bridgehead atoms. The summed E-state index contributed by atoms with van der Waals surface area (Å²) in [6, 6.07) is 9.21. The molecule has 0 aliphatic carbocycles. The van der Waals surface area contributed by atoms with Crippen molar-refractivity contribution in [2.45, 2.75) is 26.7 Å². The van der Waals surface area contributed by atoms with Crippen molar-refractivity contribution in [1.82, 2.24) is 9.97 Å². The second-order valence-electron chi connectivity index (χ2n) is 8.38. The lowest BCUT2D eigenvalue weighted by Crippen LogP contribution is -2.36. The van der Waals surface area contributed by atoms with Gasteiger partial charge >= 0.3 is 0 Å². The molecule has 1 unspecified atom stereocenters. The molecule has 7 heteroatoms. The minimum Gasteiger partial charge on any atom is -0.378 e. The third kappa shape index (κ3) is 5.24. The standard InChI is InChI=1S/C26H27ClFN3OS/c1-16(2)14-33-18(4)17(3)21-12-22(24(28)13-23(21)27)26-20-6-5-19(11-25(20)29-15-30-26)31-7-9-32-10-8-31/h5-6,11-15,17H,4,7-10H2,1-3H3. The fourth-order valence-corrected chi connectivity index (χ4v) is 4.86. The van der Waals surface area contributed by atoms with Gasteiger partial charge in [-0.05, 0) is 60.1 Å². The molecule has 0 saturated carbocycles. The van der Waals surface area contributed by atoms with Crippen LogP contribution in [-0.2, 0) is 4.74 Å². The van der Waals surface area contributed by atoms with Gasteiger partial charge in [0.2, 0.25) is 0 Å². The van der Waals surface area contributed by atoms with Crippen molar-refractivity contribution in [3.8, 4) is 11.3 Å². The van der Waals surface area contributed by atoms with Crippen LogP contribution in [-0.4, -0.2) is 36.3 Å². The highest BCUT2D eigenvalue weighted by atomic mass is 35.5. The van der Waals surface area contributed by atoms with Crippen LogP contribution in [0.3, 0.4) is 0 Å². The van der Waals surface area contributed by atoms with Crippen molar-refractivity contribution in [2.75, 3.05) is 31.2 Å². The highest BCUT2D eigenvalue weighted by Crippen LogP contribution is 2.39. The number of anilines is 1. The van der Waals surface area contributed by atoms with Crippen LogP contribution in [0.15, 0.2) is 59.1 Å². The van der Waals surface area contributed by atoms with E-state index in [1.54, 1.807) is 17.8 Å². The predicted molar refractivity (Wildman–Crippen MR) is 138 cm³/mol. The number of halogens is 2. The van der Waals surface area contributed by atoms with Gasteiger partial charge in [0.25, 0.3) is 0 Å². The van der Waals surface area contributed by atoms with Crippen LogP contribution in [0.4, 0.5) is 10.1 Å². The van der Waals surface area contributed by atoms with Gasteiger partial charge in [0.1, 0.15) is 12.1 Å². The zero-order valence-electron chi connectivity index (χ0n) is 19.1. The molecule has 1 aromatic heterocycles. The molecule has 1 aliphatic rings. The molecule has 172 valence electrons. The van der Waals surface area contributed by atoms with Gasteiger partial charge in [-0.2, -0.15) is 0 Å². The smallest absolute Gasteiger partial charge is 0.134 e. The minimum absolute atomic E-state index is 0.0570. The summed E-state index contributed by atoms with van der Waals surface area (Å²) < 4.78 is 20.6. The molecule has 4 rings (SSSR count). The van der Waals surface area contributed by atoms with Crippen molar-refractivity contribution in [3.05, 3.63) is 75.5 Å². The summed E-state index contributed by atoms with van der Waals surface area (Å²) in [5.74, 6) is -0.464. The van der Waals surface area contributed by atoms with E-state index < -0.39 is 5.82 Å². The van der Waals surface area contributed by atoms with Crippen LogP contribution < -0.4 is 4.90 Å². The molecule has 2 heterocycles. The van der Waals surface area contributed by atoms with Gasteiger partial charge in [-0.3, -0.25) is 0 Å². The fourth-order valence-electron chi connectivity index (χ4n) is 3.83. The maximum atomic E-state index is 15.1. The SMILES string of the molecule is C=C(SC=C(C)C)C(C)c1cc(-c2ncnc3cc(N4CCOCC4)ccc23)c(F)cc1Cl. The Hall–Kier alpha value is -2.41. The lowest BCUT2D eigenvalue weighted by molar-refractivity contribution is 0.122. The maximum absolute atomic E-state index is 15.1. The van der Waals surface area contributed by atoms with Gasteiger partial charge in [-0.15, -0.1) is 11.8 Å². The molecule has 0 spiro atoms. The van der Waals surface area contributed by atoms with Gasteiger partial charge in [0, 0.05) is 40.7 Å². The van der Waals surface area contributed by atoms with Crippen molar-refractivity contribution < 1.29 is 9.13 Å². The van der Waals surface area contributed by atoms with E-state index in [1.165, 1.54) is 18.0 Å². The third-order valence-electron chi connectivity index (χ3n) is 5.73. The van der Waals surface area contributed by atoms with Crippen LogP contribution in [0.5, 0.6) is 0 Å². The number of thioether (sulfide) groups is 1. The first-order chi connectivity index (χ1) is 15.8. The van der Waals surface area contributed by atoms with E-state index in [1.807, 2.05) is 39.0 Å². The molecule has 1 fully saturated rings. The summed E-state index contributed by atoms with van der Waals surface area (Å²) in [5.41, 5.74) is 4.84. The zero-order valence-corrected chi connectivity index (χ0v) is 20.6. The van der Waals surface area contributed by atoms with Gasteiger partial charge in [0.15, 0.2) is 0 Å². The fraction of sp³-hybridized carbons (Fsp3) is 0.308. The van der Waals surface area contributed by atoms with Gasteiger partial charge in [0.05, 0.1) is 24.4 Å². The van der Waals surface area contributed by atoms with Crippen LogP contribution in [0.1, 0.15) is 32.3 Å². The number of nitrogens with zero attached hydrogens (tertiary/aromatic N) is 3. The van der Waals surface area contributed by atoms with E-state index in [0.29, 0.717) is 29.5 Å². The molecule has 0 N–H and O–H groups in total. The quantitative estimate of drug-likeness (QED) is 0.370. The Morgan fingerprint density at radius 3 is 2.70 bits per heavy atom. The predicted octanol–water partition coefficient (Wildman–Crippen LogP) is 7.20. The number of rotatable bonds is 6. The van der Waals surface area contributed by atoms with E-state index in [4.69, 9.17) is 16.3 Å². The van der Waals surface area contributed by atoms with Crippen molar-refractivity contribution >= 4 is 40.0 Å². The lowest BCUT2D eigenvalue weighted by atomic mass is 9.96. The number of hydrogen-bond donors (Lipinski definition) is 0. The van der Waals surface area contributed by atoms with Crippen LogP contribution in [0.25, 0.3) is 22.2 Å². The Kier molecular flexibility index (Phi) is 7.37. The Bertz CT molecular complexity index is 1220. The molecule has 0 radical (unpaired) electrons. The Morgan fingerprint density at radius 2 is 1.97 bits per heavy atom. The molecule has 3 aromatic rings. The highest BCUT2D eigenvalue weighted by molar-refractivity contribution is 8.05. The summed E-state index contributed by atoms with van der Waals surface area (Å²) >= 11 is 8.03. The first-order valence-corrected chi connectivity index (χ1v) is 12.2. The van der Waals surface area contributed by atoms with Crippen molar-refractivity contribution in [3.63, 3.8) is 0 Å². The molecule has 1 aliphatic heterocycles. The number of benzene rings is 2. The molecular formula is C26H27ClFN3OS. The van der Waals surface area contributed by atoms with Gasteiger partial charge in [-0.1, -0.05) is 30.7 Å². The average molecular weight is 484 g/mol. The number of hydrogen-bond acceptors (Lipinski definition) is 5. The Labute approximate surface area is 203 Å². The summed E-state index contributed by atoms with van der Waals surface area (Å²) in [6.45, 7) is 13.4. The lowest BCUT2D eigenvalue weighted by Gasteiger charge is -2.29. The topological polar surface area (TPSA) is 38.2 Å². The maximum Gasteiger partial charge on any atom is 0.134 e. The van der Waals surface area contributed by atoms with Crippen molar-refractivity contribution in [1.29, 1.82) is 0 Å². The van der Waals surface area contributed by atoms with Gasteiger partial charge < -0.3 is 9.64 Å². The van der Waals surface area contributed by atoms with Gasteiger partial charge in [-0.25, -0.2) is 14.4 Å². The van der Waals surface area contributed by atoms with E-state index in [2.05, 4.69) is 26.9 Å². The van der Waals surface area contributed by atoms with Crippen molar-refractivity contribution in [2.24, 2.45) is 0 Å². The first kappa shape index (κ1) is 23.7. The molecule has 33 heavy (non-hydrogen) atoms. The first-order valence-electron chi connectivity index (χ1n) is 10.9. The number of allylic oxidation sites excluding steroid dienone is 2. The number of aromatic nitrogens is 2. The summed E-state index contributed by atoms with van der Waals surface area (Å²) in [4.78, 5) is 12.1. The molecule has 4 nitrogen and oxygen atoms in total. The van der Waals surface area contributed by atoms with E-state index >= 15 is 4.39 Å². The minimum atomic E-state index is -0.407. The molecule has 0 amide bonds. The van der Waals surface area contributed by atoms with E-state index in [9.17, 15) is 0 Å². The second kappa shape index (κ2) is 10.2. The molecular weight excluding hydrogens is 457 g/mol. The number of morpholine rings is 1. The zero-order chi connectivity index (χ0) is 23.5. The largest absolute Gasteiger partial charge is 0.378 e. The summed E-state index contributed by atoms with van der Waals surface area (Å²) in [5, 5.41) is 3.24. The van der Waals surface area contributed by atoms with Crippen LogP contribution >= 0.6 is 23.4 Å². The highest BCUT2D eigenvalue weighted by Gasteiger charge is 2.20. The van der Waals surface area contributed by atoms with Crippen LogP contribution in [0, 0.1) is 5.82 Å². The van der Waals surface area contributed by atoms with E-state index in [0.717, 1.165) is 40.1 Å². The molecule has 1 atom stereocenters. The normalized spacial score (nSPS) is 14.9. The number of ether oxygens (including phenoxy) is 1.